The highest BCUT2D eigenvalue weighted by Crippen LogP contribution is 2.41. The maximum atomic E-state index is 6.06. The lowest BCUT2D eigenvalue weighted by Crippen LogP contribution is -2.56. The Hall–Kier alpha value is -1.36. The highest BCUT2D eigenvalue weighted by molar-refractivity contribution is 5.72. The summed E-state index contributed by atoms with van der Waals surface area (Å²) in [6, 6.07) is 0.426. The topological polar surface area (TPSA) is 50.3 Å². The Morgan fingerprint density at radius 3 is 2.95 bits per heavy atom. The summed E-state index contributed by atoms with van der Waals surface area (Å²) in [6.07, 6.45) is 3.13. The van der Waals surface area contributed by atoms with Crippen molar-refractivity contribution in [2.75, 3.05) is 23.3 Å². The molecule has 0 radical (unpaired) electrons. The molecule has 3 unspecified atom stereocenters. The van der Waals surface area contributed by atoms with Gasteiger partial charge in [-0.15, -0.1) is 0 Å². The first kappa shape index (κ1) is 12.4. The third kappa shape index (κ3) is 1.72. The molecule has 20 heavy (non-hydrogen) atoms. The van der Waals surface area contributed by atoms with Crippen molar-refractivity contribution < 1.29 is 4.74 Å². The van der Waals surface area contributed by atoms with Crippen LogP contribution < -0.4 is 10.2 Å². The van der Waals surface area contributed by atoms with Crippen molar-refractivity contribution in [1.29, 1.82) is 0 Å². The van der Waals surface area contributed by atoms with Gasteiger partial charge in [-0.2, -0.15) is 0 Å². The molecule has 0 spiro atoms. The van der Waals surface area contributed by atoms with Crippen LogP contribution in [0.3, 0.4) is 0 Å². The minimum absolute atomic E-state index is 0.368. The Labute approximate surface area is 119 Å². The zero-order valence-corrected chi connectivity index (χ0v) is 12.4. The van der Waals surface area contributed by atoms with Gasteiger partial charge in [0.25, 0.3) is 0 Å². The van der Waals surface area contributed by atoms with Crippen molar-refractivity contribution in [1.82, 2.24) is 9.97 Å². The van der Waals surface area contributed by atoms with Gasteiger partial charge in [-0.25, -0.2) is 9.97 Å². The summed E-state index contributed by atoms with van der Waals surface area (Å²) in [5, 5.41) is 3.58. The Morgan fingerprint density at radius 1 is 1.30 bits per heavy atom. The highest BCUT2D eigenvalue weighted by atomic mass is 16.5. The summed E-state index contributed by atoms with van der Waals surface area (Å²) >= 11 is 0. The molecule has 2 fully saturated rings. The van der Waals surface area contributed by atoms with Gasteiger partial charge in [0.1, 0.15) is 5.82 Å². The van der Waals surface area contributed by atoms with E-state index in [0.29, 0.717) is 24.2 Å². The summed E-state index contributed by atoms with van der Waals surface area (Å²) in [5.74, 6) is 2.37. The number of fused-ring (bicyclic) bond motifs is 6. The molecule has 4 rings (SSSR count). The monoisotopic (exact) mass is 274 g/mol. The van der Waals surface area contributed by atoms with E-state index >= 15 is 0 Å². The minimum atomic E-state index is 0.368. The standard InChI is InChI=1S/C15H22N4O/c1-8(2)13-14-15(18-9(3)17-13)19-7-10-4-5-12(20-10)11(19)6-16-14/h8,10-12,16H,4-7H2,1-3H3. The second-order valence-corrected chi connectivity index (χ2v) is 6.48. The molecule has 5 nitrogen and oxygen atoms in total. The first-order valence-corrected chi connectivity index (χ1v) is 7.68. The number of anilines is 2. The Balaban J connectivity index is 1.80. The Bertz CT molecular complexity index is 545. The molecule has 2 saturated heterocycles. The molecule has 0 amide bonds. The van der Waals surface area contributed by atoms with Crippen LogP contribution in [0, 0.1) is 6.92 Å². The smallest absolute Gasteiger partial charge is 0.156 e. The van der Waals surface area contributed by atoms with Crippen molar-refractivity contribution in [2.45, 2.75) is 57.8 Å². The summed E-state index contributed by atoms with van der Waals surface area (Å²) in [7, 11) is 0. The van der Waals surface area contributed by atoms with E-state index in [1.54, 1.807) is 0 Å². The van der Waals surface area contributed by atoms with Gasteiger partial charge in [-0.3, -0.25) is 0 Å². The zero-order chi connectivity index (χ0) is 13.9. The van der Waals surface area contributed by atoms with E-state index in [1.807, 2.05) is 6.92 Å². The molecule has 3 atom stereocenters. The molecular weight excluding hydrogens is 252 g/mol. The number of ether oxygens (including phenoxy) is 1. The molecule has 1 aromatic heterocycles. The molecule has 4 heterocycles. The number of nitrogens with one attached hydrogen (secondary N) is 1. The van der Waals surface area contributed by atoms with Crippen LogP contribution in [0.15, 0.2) is 0 Å². The molecule has 108 valence electrons. The fraction of sp³-hybridized carbons (Fsp3) is 0.733. The summed E-state index contributed by atoms with van der Waals surface area (Å²) in [4.78, 5) is 11.9. The third-order valence-electron chi connectivity index (χ3n) is 4.71. The number of hydrogen-bond acceptors (Lipinski definition) is 5. The number of morpholine rings is 1. The van der Waals surface area contributed by atoms with E-state index in [0.717, 1.165) is 36.1 Å². The molecule has 1 N–H and O–H groups in total. The fourth-order valence-corrected chi connectivity index (χ4v) is 3.77. The van der Waals surface area contributed by atoms with Crippen LogP contribution in [0.2, 0.25) is 0 Å². The van der Waals surface area contributed by atoms with Crippen molar-refractivity contribution in [3.05, 3.63) is 11.5 Å². The second-order valence-electron chi connectivity index (χ2n) is 6.48. The minimum Gasteiger partial charge on any atom is -0.378 e. The van der Waals surface area contributed by atoms with Gasteiger partial charge in [0.2, 0.25) is 0 Å². The van der Waals surface area contributed by atoms with Crippen LogP contribution in [0.5, 0.6) is 0 Å². The summed E-state index contributed by atoms with van der Waals surface area (Å²) in [6.45, 7) is 8.29. The normalized spacial score (nSPS) is 31.0. The lowest BCUT2D eigenvalue weighted by atomic mass is 10.0. The highest BCUT2D eigenvalue weighted by Gasteiger charge is 2.45. The van der Waals surface area contributed by atoms with Crippen LogP contribution in [-0.4, -0.2) is 41.3 Å². The van der Waals surface area contributed by atoms with E-state index in [9.17, 15) is 0 Å². The summed E-state index contributed by atoms with van der Waals surface area (Å²) in [5.41, 5.74) is 2.29. The SMILES string of the molecule is Cc1nc(C(C)C)c2c(n1)N1CC3CCC(O3)C1CN2. The van der Waals surface area contributed by atoms with E-state index in [-0.39, 0.29) is 0 Å². The van der Waals surface area contributed by atoms with E-state index in [2.05, 4.69) is 29.0 Å². The van der Waals surface area contributed by atoms with Gasteiger partial charge in [-0.1, -0.05) is 13.8 Å². The maximum absolute atomic E-state index is 6.06. The molecule has 1 aromatic rings. The van der Waals surface area contributed by atoms with Gasteiger partial charge < -0.3 is 15.0 Å². The van der Waals surface area contributed by atoms with Gasteiger partial charge in [0.15, 0.2) is 5.82 Å². The number of aromatic nitrogens is 2. The largest absolute Gasteiger partial charge is 0.378 e. The second kappa shape index (κ2) is 4.32. The van der Waals surface area contributed by atoms with E-state index in [4.69, 9.17) is 9.72 Å². The average molecular weight is 274 g/mol. The number of aryl methyl sites for hydroxylation is 1. The molecular formula is C15H22N4O. The molecule has 5 heteroatoms. The predicted octanol–water partition coefficient (Wildman–Crippen LogP) is 2.07. The number of nitrogens with zero attached hydrogens (tertiary/aromatic N) is 3. The van der Waals surface area contributed by atoms with Gasteiger partial charge >= 0.3 is 0 Å². The molecule has 2 bridgehead atoms. The molecule has 3 aliphatic heterocycles. The van der Waals surface area contributed by atoms with Crippen LogP contribution >= 0.6 is 0 Å². The number of hydrogen-bond donors (Lipinski definition) is 1. The van der Waals surface area contributed by atoms with Crippen molar-refractivity contribution in [2.24, 2.45) is 0 Å². The first-order chi connectivity index (χ1) is 9.63. The number of rotatable bonds is 1. The quantitative estimate of drug-likeness (QED) is 0.849. The molecule has 3 aliphatic rings. The molecule has 0 aromatic carbocycles. The molecule has 0 saturated carbocycles. The lowest BCUT2D eigenvalue weighted by molar-refractivity contribution is 0.00647. The summed E-state index contributed by atoms with van der Waals surface area (Å²) < 4.78 is 6.06. The first-order valence-electron chi connectivity index (χ1n) is 7.68. The van der Waals surface area contributed by atoms with Crippen LogP contribution in [0.1, 0.15) is 44.1 Å². The zero-order valence-electron chi connectivity index (χ0n) is 12.4. The Kier molecular flexibility index (Phi) is 2.67. The fourth-order valence-electron chi connectivity index (χ4n) is 3.77. The van der Waals surface area contributed by atoms with Crippen molar-refractivity contribution in [3.8, 4) is 0 Å². The average Bonchev–Trinajstić information content (AvgIpc) is 2.80. The van der Waals surface area contributed by atoms with Gasteiger partial charge in [0, 0.05) is 13.1 Å². The van der Waals surface area contributed by atoms with Gasteiger partial charge in [-0.05, 0) is 25.7 Å². The third-order valence-corrected chi connectivity index (χ3v) is 4.71. The van der Waals surface area contributed by atoms with E-state index in [1.165, 1.54) is 12.8 Å². The maximum Gasteiger partial charge on any atom is 0.156 e. The van der Waals surface area contributed by atoms with Gasteiger partial charge in [0.05, 0.1) is 29.6 Å². The van der Waals surface area contributed by atoms with Crippen LogP contribution in [0.25, 0.3) is 0 Å². The van der Waals surface area contributed by atoms with Crippen molar-refractivity contribution in [3.63, 3.8) is 0 Å². The van der Waals surface area contributed by atoms with Crippen LogP contribution in [-0.2, 0) is 4.74 Å². The lowest BCUT2D eigenvalue weighted by Gasteiger charge is -2.45. The molecule has 0 aliphatic carbocycles. The van der Waals surface area contributed by atoms with Crippen molar-refractivity contribution >= 4 is 11.5 Å². The predicted molar refractivity (Wildman–Crippen MR) is 78.4 cm³/mol. The van der Waals surface area contributed by atoms with Crippen LogP contribution in [0.4, 0.5) is 11.5 Å². The van der Waals surface area contributed by atoms with E-state index < -0.39 is 0 Å². The Morgan fingerprint density at radius 2 is 2.15 bits per heavy atom.